The highest BCUT2D eigenvalue weighted by Gasteiger charge is 2.34. The summed E-state index contributed by atoms with van der Waals surface area (Å²) in [7, 11) is -3.28. The number of carbonyl (C=O) groups excluding carboxylic acids is 1. The molecule has 2 N–H and O–H groups in total. The van der Waals surface area contributed by atoms with E-state index in [9.17, 15) is 13.2 Å². The monoisotopic (exact) mass is 426 g/mol. The van der Waals surface area contributed by atoms with Gasteiger partial charge in [-0.05, 0) is 58.0 Å². The Morgan fingerprint density at radius 2 is 2.10 bits per heavy atom. The Bertz CT molecular complexity index is 788. The molecule has 1 amide bonds. The number of sulfonamides is 1. The molecular weight excluding hydrogens is 392 g/mol. The van der Waals surface area contributed by atoms with Gasteiger partial charge in [-0.1, -0.05) is 19.0 Å². The lowest BCUT2D eigenvalue weighted by Gasteiger charge is -2.36. The third kappa shape index (κ3) is 6.26. The molecule has 2 heterocycles. The first-order valence-corrected chi connectivity index (χ1v) is 12.3. The molecule has 2 aliphatic rings. The number of rotatable bonds is 10. The molecule has 1 aromatic rings. The van der Waals surface area contributed by atoms with Crippen LogP contribution >= 0.6 is 0 Å². The first-order chi connectivity index (χ1) is 13.8. The zero-order valence-electron chi connectivity index (χ0n) is 17.7. The Labute approximate surface area is 173 Å². The Balaban J connectivity index is 1.44. The maximum atomic E-state index is 12.7. The molecule has 0 spiro atoms. The minimum absolute atomic E-state index is 0.0577. The van der Waals surface area contributed by atoms with Gasteiger partial charge < -0.3 is 15.2 Å². The van der Waals surface area contributed by atoms with Gasteiger partial charge in [-0.2, -0.15) is 4.31 Å². The first-order valence-electron chi connectivity index (χ1n) is 10.7. The van der Waals surface area contributed by atoms with Crippen molar-refractivity contribution in [2.75, 3.05) is 25.4 Å². The highest BCUT2D eigenvalue weighted by molar-refractivity contribution is 7.89. The largest absolute Gasteiger partial charge is 0.360 e. The maximum Gasteiger partial charge on any atom is 0.273 e. The molecule has 29 heavy (non-hydrogen) atoms. The Kier molecular flexibility index (Phi) is 7.34. The van der Waals surface area contributed by atoms with Crippen molar-refractivity contribution in [2.24, 2.45) is 5.92 Å². The number of aromatic nitrogens is 1. The van der Waals surface area contributed by atoms with E-state index >= 15 is 0 Å². The summed E-state index contributed by atoms with van der Waals surface area (Å²) in [5.41, 5.74) is 0.309. The molecule has 164 valence electrons. The smallest absolute Gasteiger partial charge is 0.273 e. The van der Waals surface area contributed by atoms with Crippen molar-refractivity contribution >= 4 is 15.9 Å². The van der Waals surface area contributed by atoms with Crippen LogP contribution < -0.4 is 10.6 Å². The third-order valence-electron chi connectivity index (χ3n) is 5.56. The summed E-state index contributed by atoms with van der Waals surface area (Å²) in [4.78, 5) is 12.4. The summed E-state index contributed by atoms with van der Waals surface area (Å²) < 4.78 is 32.3. The van der Waals surface area contributed by atoms with Crippen LogP contribution in [0.4, 0.5) is 0 Å². The van der Waals surface area contributed by atoms with Crippen molar-refractivity contribution in [3.05, 3.63) is 17.5 Å². The van der Waals surface area contributed by atoms with Crippen molar-refractivity contribution in [1.82, 2.24) is 20.1 Å². The van der Waals surface area contributed by atoms with Gasteiger partial charge in [0.25, 0.3) is 5.91 Å². The van der Waals surface area contributed by atoms with Gasteiger partial charge in [0.2, 0.25) is 10.0 Å². The Hall–Kier alpha value is -1.45. The summed E-state index contributed by atoms with van der Waals surface area (Å²) in [5.74, 6) is 1.66. The molecule has 2 fully saturated rings. The standard InChI is InChI=1S/C20H34N4O4S/c1-14(2)13-21-8-4-10-29(26,27)24-9-7-17(11-15(24)3)22-20(25)18-12-19(28-23-18)16-5-6-16/h12,14-17,21H,4-11,13H2,1-3H3,(H,22,25)/t15-,17-/m0/s1. The first kappa shape index (κ1) is 22.2. The number of nitrogens with zero attached hydrogens (tertiary/aromatic N) is 2. The molecule has 1 aliphatic heterocycles. The fourth-order valence-corrected chi connectivity index (χ4v) is 5.56. The number of amides is 1. The van der Waals surface area contributed by atoms with Crippen LogP contribution in [0.15, 0.2) is 10.6 Å². The molecule has 0 aromatic carbocycles. The summed E-state index contributed by atoms with van der Waals surface area (Å²) >= 11 is 0. The van der Waals surface area contributed by atoms with Crippen LogP contribution in [-0.2, 0) is 10.0 Å². The molecular formula is C20H34N4O4S. The maximum absolute atomic E-state index is 12.7. The Morgan fingerprint density at radius 1 is 1.34 bits per heavy atom. The number of nitrogens with one attached hydrogen (secondary N) is 2. The summed E-state index contributed by atoms with van der Waals surface area (Å²) in [6.45, 7) is 8.20. The summed E-state index contributed by atoms with van der Waals surface area (Å²) in [5, 5.41) is 10.1. The second-order valence-corrected chi connectivity index (χ2v) is 10.9. The molecule has 2 atom stereocenters. The molecule has 0 radical (unpaired) electrons. The second-order valence-electron chi connectivity index (χ2n) is 8.81. The normalized spacial score (nSPS) is 23.4. The molecule has 3 rings (SSSR count). The fraction of sp³-hybridized carbons (Fsp3) is 0.800. The van der Waals surface area contributed by atoms with Gasteiger partial charge in [0.05, 0.1) is 5.75 Å². The van der Waals surface area contributed by atoms with Gasteiger partial charge in [-0.25, -0.2) is 8.42 Å². The van der Waals surface area contributed by atoms with Crippen LogP contribution in [0.2, 0.25) is 0 Å². The van der Waals surface area contributed by atoms with Gasteiger partial charge in [-0.15, -0.1) is 0 Å². The van der Waals surface area contributed by atoms with E-state index in [1.54, 1.807) is 10.4 Å². The zero-order valence-corrected chi connectivity index (χ0v) is 18.5. The van der Waals surface area contributed by atoms with Crippen molar-refractivity contribution in [3.63, 3.8) is 0 Å². The number of carbonyl (C=O) groups is 1. The van der Waals surface area contributed by atoms with E-state index in [0.717, 1.165) is 25.1 Å². The fourth-order valence-electron chi connectivity index (χ4n) is 3.80. The van der Waals surface area contributed by atoms with Crippen LogP contribution in [0.1, 0.15) is 75.0 Å². The molecule has 1 aliphatic carbocycles. The van der Waals surface area contributed by atoms with Crippen LogP contribution in [0, 0.1) is 5.92 Å². The quantitative estimate of drug-likeness (QED) is 0.555. The van der Waals surface area contributed by atoms with E-state index < -0.39 is 10.0 Å². The van der Waals surface area contributed by atoms with E-state index in [2.05, 4.69) is 29.6 Å². The lowest BCUT2D eigenvalue weighted by molar-refractivity contribution is 0.0905. The molecule has 1 saturated heterocycles. The topological polar surface area (TPSA) is 105 Å². The number of piperidine rings is 1. The van der Waals surface area contributed by atoms with E-state index in [4.69, 9.17) is 4.52 Å². The van der Waals surface area contributed by atoms with Gasteiger partial charge >= 0.3 is 0 Å². The van der Waals surface area contributed by atoms with Crippen molar-refractivity contribution in [3.8, 4) is 0 Å². The van der Waals surface area contributed by atoms with E-state index in [1.807, 2.05) is 6.92 Å². The van der Waals surface area contributed by atoms with Crippen LogP contribution in [0.25, 0.3) is 0 Å². The molecule has 1 saturated carbocycles. The predicted octanol–water partition coefficient (Wildman–Crippen LogP) is 2.10. The Morgan fingerprint density at radius 3 is 2.76 bits per heavy atom. The molecule has 8 nitrogen and oxygen atoms in total. The molecule has 0 bridgehead atoms. The van der Waals surface area contributed by atoms with E-state index in [1.165, 1.54) is 0 Å². The number of hydrogen-bond acceptors (Lipinski definition) is 6. The number of hydrogen-bond donors (Lipinski definition) is 2. The average molecular weight is 427 g/mol. The van der Waals surface area contributed by atoms with Gasteiger partial charge in [0.15, 0.2) is 5.69 Å². The minimum atomic E-state index is -3.28. The molecule has 9 heteroatoms. The van der Waals surface area contributed by atoms with Crippen LogP contribution in [0.5, 0.6) is 0 Å². The average Bonchev–Trinajstić information content (AvgIpc) is 3.37. The zero-order chi connectivity index (χ0) is 21.0. The lowest BCUT2D eigenvalue weighted by Crippen LogP contribution is -2.51. The third-order valence-corrected chi connectivity index (χ3v) is 7.62. The highest BCUT2D eigenvalue weighted by Crippen LogP contribution is 2.40. The van der Waals surface area contributed by atoms with Crippen LogP contribution in [-0.4, -0.2) is 61.3 Å². The molecule has 1 aromatic heterocycles. The molecule has 0 unspecified atom stereocenters. The highest BCUT2D eigenvalue weighted by atomic mass is 32.2. The van der Waals surface area contributed by atoms with Crippen molar-refractivity contribution in [1.29, 1.82) is 0 Å². The van der Waals surface area contributed by atoms with Crippen molar-refractivity contribution < 1.29 is 17.7 Å². The minimum Gasteiger partial charge on any atom is -0.360 e. The van der Waals surface area contributed by atoms with Gasteiger partial charge in [0, 0.05) is 30.6 Å². The van der Waals surface area contributed by atoms with Crippen molar-refractivity contribution in [2.45, 2.75) is 70.9 Å². The predicted molar refractivity (Wildman–Crippen MR) is 111 cm³/mol. The van der Waals surface area contributed by atoms with E-state index in [-0.39, 0.29) is 23.7 Å². The summed E-state index contributed by atoms with van der Waals surface area (Å²) in [6.07, 6.45) is 4.00. The van der Waals surface area contributed by atoms with Crippen LogP contribution in [0.3, 0.4) is 0 Å². The summed E-state index contributed by atoms with van der Waals surface area (Å²) in [6, 6.07) is 1.53. The van der Waals surface area contributed by atoms with E-state index in [0.29, 0.717) is 49.9 Å². The second kappa shape index (κ2) is 9.57. The van der Waals surface area contributed by atoms with Gasteiger partial charge in [-0.3, -0.25) is 4.79 Å². The van der Waals surface area contributed by atoms with Gasteiger partial charge in [0.1, 0.15) is 5.76 Å². The SMILES string of the molecule is CC(C)CNCCCS(=O)(=O)N1CC[C@H](NC(=O)c2cc(C3CC3)on2)C[C@@H]1C. The lowest BCUT2D eigenvalue weighted by atomic mass is 10.0.